The lowest BCUT2D eigenvalue weighted by Gasteiger charge is -2.34. The summed E-state index contributed by atoms with van der Waals surface area (Å²) in [7, 11) is -5.45. The van der Waals surface area contributed by atoms with E-state index in [2.05, 4.69) is 0 Å². The van der Waals surface area contributed by atoms with Gasteiger partial charge in [-0.3, -0.25) is 0 Å². The fraction of sp³-hybridized carbons (Fsp3) is 0.538. The molecule has 0 radical (unpaired) electrons. The smallest absolute Gasteiger partial charge is 0.213 e. The van der Waals surface area contributed by atoms with Gasteiger partial charge in [-0.15, -0.1) is 0 Å². The molecule has 0 aromatic heterocycles. The minimum atomic E-state index is -3.66. The maximum atomic E-state index is 12.9. The van der Waals surface area contributed by atoms with E-state index in [-0.39, 0.29) is 24.0 Å². The number of rotatable bonds is 4. The SMILES string of the molecule is CN(C1CCN(S(=O)(=O)c2ccc(F)cc2)CC1)S(C)(=O)=O. The Labute approximate surface area is 130 Å². The molecule has 0 unspecified atom stereocenters. The van der Waals surface area contributed by atoms with Crippen molar-refractivity contribution in [1.82, 2.24) is 8.61 Å². The minimum Gasteiger partial charge on any atom is -0.213 e. The third-order valence-electron chi connectivity index (χ3n) is 3.91. The van der Waals surface area contributed by atoms with Crippen LogP contribution in [0.15, 0.2) is 29.2 Å². The molecule has 22 heavy (non-hydrogen) atoms. The lowest BCUT2D eigenvalue weighted by molar-refractivity contribution is 0.239. The Hall–Kier alpha value is -1.03. The molecule has 0 amide bonds. The molecular formula is C13H19FN2O4S2. The molecule has 1 saturated heterocycles. The molecule has 1 fully saturated rings. The molecule has 1 aliphatic rings. The highest BCUT2D eigenvalue weighted by molar-refractivity contribution is 7.89. The topological polar surface area (TPSA) is 74.8 Å². The lowest BCUT2D eigenvalue weighted by atomic mass is 10.1. The number of hydrogen-bond acceptors (Lipinski definition) is 4. The standard InChI is InChI=1S/C13H19FN2O4S2/c1-15(21(2,17)18)12-7-9-16(10-8-12)22(19,20)13-5-3-11(14)4-6-13/h3-6,12H,7-10H2,1-2H3. The van der Waals surface area contributed by atoms with Crippen LogP contribution in [0, 0.1) is 5.82 Å². The van der Waals surface area contributed by atoms with E-state index < -0.39 is 25.9 Å². The first-order valence-corrected chi connectivity index (χ1v) is 10.1. The zero-order valence-corrected chi connectivity index (χ0v) is 14.1. The third kappa shape index (κ3) is 3.65. The van der Waals surface area contributed by atoms with Crippen LogP contribution in [0.3, 0.4) is 0 Å². The van der Waals surface area contributed by atoms with Gasteiger partial charge in [0.2, 0.25) is 20.0 Å². The molecule has 1 heterocycles. The monoisotopic (exact) mass is 350 g/mol. The van der Waals surface area contributed by atoms with Gasteiger partial charge in [0.1, 0.15) is 5.82 Å². The maximum Gasteiger partial charge on any atom is 0.243 e. The Morgan fingerprint density at radius 2 is 1.59 bits per heavy atom. The summed E-state index contributed by atoms with van der Waals surface area (Å²) in [6.07, 6.45) is 2.00. The van der Waals surface area contributed by atoms with Crippen molar-refractivity contribution in [3.63, 3.8) is 0 Å². The molecule has 2 rings (SSSR count). The highest BCUT2D eigenvalue weighted by Crippen LogP contribution is 2.23. The van der Waals surface area contributed by atoms with E-state index in [0.29, 0.717) is 12.8 Å². The largest absolute Gasteiger partial charge is 0.243 e. The zero-order valence-electron chi connectivity index (χ0n) is 12.4. The summed E-state index contributed by atoms with van der Waals surface area (Å²) >= 11 is 0. The van der Waals surface area contributed by atoms with E-state index in [1.807, 2.05) is 0 Å². The van der Waals surface area contributed by atoms with Crippen molar-refractivity contribution in [1.29, 1.82) is 0 Å². The van der Waals surface area contributed by atoms with E-state index in [4.69, 9.17) is 0 Å². The second kappa shape index (κ2) is 6.23. The average molecular weight is 350 g/mol. The molecule has 0 aliphatic carbocycles. The second-order valence-corrected chi connectivity index (χ2v) is 9.35. The Bertz CT molecular complexity index is 724. The van der Waals surface area contributed by atoms with Gasteiger partial charge in [-0.1, -0.05) is 0 Å². The predicted molar refractivity (Wildman–Crippen MR) is 80.8 cm³/mol. The van der Waals surface area contributed by atoms with Crippen LogP contribution in [-0.2, 0) is 20.0 Å². The predicted octanol–water partition coefficient (Wildman–Crippen LogP) is 0.870. The van der Waals surface area contributed by atoms with Gasteiger partial charge in [0.25, 0.3) is 0 Å². The summed E-state index contributed by atoms with van der Waals surface area (Å²) in [5.41, 5.74) is 0. The molecule has 1 aromatic carbocycles. The van der Waals surface area contributed by atoms with Gasteiger partial charge in [-0.2, -0.15) is 4.31 Å². The molecular weight excluding hydrogens is 331 g/mol. The molecule has 124 valence electrons. The first-order chi connectivity index (χ1) is 10.1. The molecule has 9 heteroatoms. The fourth-order valence-corrected chi connectivity index (χ4v) is 4.69. The van der Waals surface area contributed by atoms with Crippen molar-refractivity contribution in [3.05, 3.63) is 30.1 Å². The van der Waals surface area contributed by atoms with Gasteiger partial charge in [0.15, 0.2) is 0 Å². The number of halogens is 1. The van der Waals surface area contributed by atoms with Crippen LogP contribution in [-0.4, -0.2) is 57.9 Å². The summed E-state index contributed by atoms with van der Waals surface area (Å²) in [5, 5.41) is 0. The third-order valence-corrected chi connectivity index (χ3v) is 7.17. The molecule has 0 spiro atoms. The molecule has 0 N–H and O–H groups in total. The first kappa shape index (κ1) is 17.3. The van der Waals surface area contributed by atoms with E-state index in [0.717, 1.165) is 18.4 Å². The molecule has 0 bridgehead atoms. The number of piperidine rings is 1. The van der Waals surface area contributed by atoms with Crippen molar-refractivity contribution in [2.75, 3.05) is 26.4 Å². The Morgan fingerprint density at radius 3 is 2.05 bits per heavy atom. The van der Waals surface area contributed by atoms with Crippen molar-refractivity contribution in [3.8, 4) is 0 Å². The van der Waals surface area contributed by atoms with E-state index in [1.165, 1.54) is 27.8 Å². The van der Waals surface area contributed by atoms with Crippen LogP contribution in [0.5, 0.6) is 0 Å². The Kier molecular flexibility index (Phi) is 4.90. The lowest BCUT2D eigenvalue weighted by Crippen LogP contribution is -2.46. The molecule has 1 aliphatic heterocycles. The number of benzene rings is 1. The molecule has 0 saturated carbocycles. The van der Waals surface area contributed by atoms with Gasteiger partial charge in [-0.05, 0) is 37.1 Å². The molecule has 1 aromatic rings. The van der Waals surface area contributed by atoms with Gasteiger partial charge >= 0.3 is 0 Å². The number of sulfonamides is 2. The summed E-state index contributed by atoms with van der Waals surface area (Å²) in [6.45, 7) is 0.481. The van der Waals surface area contributed by atoms with Crippen LogP contribution >= 0.6 is 0 Å². The van der Waals surface area contributed by atoms with Crippen LogP contribution in [0.1, 0.15) is 12.8 Å². The van der Waals surface area contributed by atoms with Gasteiger partial charge < -0.3 is 0 Å². The number of nitrogens with zero attached hydrogens (tertiary/aromatic N) is 2. The maximum absolute atomic E-state index is 12.9. The number of hydrogen-bond donors (Lipinski definition) is 0. The van der Waals surface area contributed by atoms with Crippen molar-refractivity contribution in [2.24, 2.45) is 0 Å². The summed E-state index contributed by atoms with van der Waals surface area (Å²) < 4.78 is 63.4. The summed E-state index contributed by atoms with van der Waals surface area (Å²) in [4.78, 5) is 0.0452. The van der Waals surface area contributed by atoms with Crippen molar-refractivity contribution in [2.45, 2.75) is 23.8 Å². The van der Waals surface area contributed by atoms with Crippen molar-refractivity contribution >= 4 is 20.0 Å². The van der Waals surface area contributed by atoms with Crippen LogP contribution in [0.25, 0.3) is 0 Å². The van der Waals surface area contributed by atoms with Crippen molar-refractivity contribution < 1.29 is 21.2 Å². The molecule has 6 nitrogen and oxygen atoms in total. The van der Waals surface area contributed by atoms with E-state index in [9.17, 15) is 21.2 Å². The van der Waals surface area contributed by atoms with Crippen LogP contribution in [0.2, 0.25) is 0 Å². The average Bonchev–Trinajstić information content (AvgIpc) is 2.46. The van der Waals surface area contributed by atoms with Gasteiger partial charge in [-0.25, -0.2) is 25.5 Å². The van der Waals surface area contributed by atoms with E-state index >= 15 is 0 Å². The highest BCUT2D eigenvalue weighted by Gasteiger charge is 2.32. The quantitative estimate of drug-likeness (QED) is 0.808. The fourth-order valence-electron chi connectivity index (χ4n) is 2.47. The summed E-state index contributed by atoms with van der Waals surface area (Å²) in [6, 6.07) is 4.49. The van der Waals surface area contributed by atoms with Gasteiger partial charge in [0.05, 0.1) is 11.2 Å². The zero-order chi connectivity index (χ0) is 16.5. The van der Waals surface area contributed by atoms with Crippen LogP contribution in [0.4, 0.5) is 4.39 Å². The normalized spacial score (nSPS) is 18.7. The highest BCUT2D eigenvalue weighted by atomic mass is 32.2. The first-order valence-electron chi connectivity index (χ1n) is 6.81. The second-order valence-electron chi connectivity index (χ2n) is 5.37. The Balaban J connectivity index is 2.09. The van der Waals surface area contributed by atoms with Crippen LogP contribution < -0.4 is 0 Å². The van der Waals surface area contributed by atoms with E-state index in [1.54, 1.807) is 0 Å². The molecule has 0 atom stereocenters. The Morgan fingerprint density at radius 1 is 1.09 bits per heavy atom. The van der Waals surface area contributed by atoms with Gasteiger partial charge in [0, 0.05) is 26.2 Å². The minimum absolute atomic E-state index is 0.0452. The summed E-state index contributed by atoms with van der Waals surface area (Å²) in [5.74, 6) is -0.493.